The van der Waals surface area contributed by atoms with Gasteiger partial charge in [0.25, 0.3) is 0 Å². The van der Waals surface area contributed by atoms with Crippen molar-refractivity contribution in [1.82, 2.24) is 0 Å². The zero-order chi connectivity index (χ0) is 19.1. The molecule has 0 aliphatic rings. The smallest absolute Gasteiger partial charge is 0.387 e. The summed E-state index contributed by atoms with van der Waals surface area (Å²) in [5, 5.41) is 0. The van der Waals surface area contributed by atoms with Gasteiger partial charge in [0.2, 0.25) is 0 Å². The van der Waals surface area contributed by atoms with Gasteiger partial charge in [0.1, 0.15) is 5.75 Å². The summed E-state index contributed by atoms with van der Waals surface area (Å²) in [6.45, 7) is -0.599. The molecule has 3 aromatic rings. The molecule has 3 aromatic carbocycles. The van der Waals surface area contributed by atoms with Crippen LogP contribution in [0.25, 0.3) is 22.3 Å². The lowest BCUT2D eigenvalue weighted by molar-refractivity contribution is -0.0498. The molecule has 1 nitrogen and oxygen atoms in total. The minimum atomic E-state index is -2.81. The van der Waals surface area contributed by atoms with E-state index in [9.17, 15) is 8.78 Å². The molecule has 0 saturated heterocycles. The van der Waals surface area contributed by atoms with Crippen LogP contribution in [0.5, 0.6) is 5.75 Å². The van der Waals surface area contributed by atoms with Crippen LogP contribution in [0.4, 0.5) is 8.78 Å². The van der Waals surface area contributed by atoms with Crippen molar-refractivity contribution < 1.29 is 13.5 Å². The molecule has 140 valence electrons. The summed E-state index contributed by atoms with van der Waals surface area (Å²) in [7, 11) is 0. The minimum absolute atomic E-state index is 0.172. The second-order valence-electron chi connectivity index (χ2n) is 6.61. The number of ether oxygens (including phenoxy) is 1. The maximum absolute atomic E-state index is 12.4. The highest BCUT2D eigenvalue weighted by Gasteiger charge is 2.10. The minimum Gasteiger partial charge on any atom is -0.435 e. The van der Waals surface area contributed by atoms with E-state index in [0.717, 1.165) is 28.7 Å². The van der Waals surface area contributed by atoms with Gasteiger partial charge >= 0.3 is 6.61 Å². The SMILES string of the molecule is CCCCCc1ccc(-c2ccc(OC(F)F)cc2)c(-c2ccccc2)c1. The van der Waals surface area contributed by atoms with E-state index in [1.54, 1.807) is 12.1 Å². The molecule has 0 amide bonds. The first-order valence-electron chi connectivity index (χ1n) is 9.41. The first kappa shape index (κ1) is 19.1. The Kier molecular flexibility index (Phi) is 6.59. The van der Waals surface area contributed by atoms with Gasteiger partial charge in [-0.25, -0.2) is 0 Å². The lowest BCUT2D eigenvalue weighted by atomic mass is 9.91. The molecule has 0 atom stereocenters. The molecule has 0 aliphatic heterocycles. The zero-order valence-electron chi connectivity index (χ0n) is 15.5. The fraction of sp³-hybridized carbons (Fsp3) is 0.250. The van der Waals surface area contributed by atoms with E-state index < -0.39 is 6.61 Å². The van der Waals surface area contributed by atoms with Crippen LogP contribution >= 0.6 is 0 Å². The number of hydrogen-bond acceptors (Lipinski definition) is 1. The Hall–Kier alpha value is -2.68. The first-order valence-corrected chi connectivity index (χ1v) is 9.41. The van der Waals surface area contributed by atoms with Crippen LogP contribution in [0.3, 0.4) is 0 Å². The van der Waals surface area contributed by atoms with Gasteiger partial charge in [0, 0.05) is 0 Å². The Morgan fingerprint density at radius 3 is 2.15 bits per heavy atom. The second-order valence-corrected chi connectivity index (χ2v) is 6.61. The van der Waals surface area contributed by atoms with Gasteiger partial charge in [-0.1, -0.05) is 80.4 Å². The maximum atomic E-state index is 12.4. The highest BCUT2D eigenvalue weighted by molar-refractivity contribution is 5.84. The molecule has 3 rings (SSSR count). The van der Waals surface area contributed by atoms with E-state index in [2.05, 4.69) is 42.0 Å². The molecular formula is C24H24F2O. The lowest BCUT2D eigenvalue weighted by Gasteiger charge is -2.14. The van der Waals surface area contributed by atoms with Crippen LogP contribution in [-0.4, -0.2) is 6.61 Å². The molecule has 0 bridgehead atoms. The standard InChI is InChI=1S/C24H24F2O/c1-2-3-5-8-18-11-16-22(23(17-18)19-9-6-4-7-10-19)20-12-14-21(15-13-20)27-24(25)26/h4,6-7,9-17,24H,2-3,5,8H2,1H3. The molecule has 0 radical (unpaired) electrons. The third-order valence-corrected chi connectivity index (χ3v) is 4.63. The van der Waals surface area contributed by atoms with Crippen molar-refractivity contribution >= 4 is 0 Å². The highest BCUT2D eigenvalue weighted by Crippen LogP contribution is 2.34. The number of alkyl halides is 2. The van der Waals surface area contributed by atoms with Crippen molar-refractivity contribution in [2.45, 2.75) is 39.2 Å². The van der Waals surface area contributed by atoms with E-state index in [1.807, 2.05) is 30.3 Å². The van der Waals surface area contributed by atoms with Crippen molar-refractivity contribution in [3.05, 3.63) is 78.4 Å². The topological polar surface area (TPSA) is 9.23 Å². The van der Waals surface area contributed by atoms with Gasteiger partial charge in [-0.15, -0.1) is 0 Å². The van der Waals surface area contributed by atoms with Gasteiger partial charge < -0.3 is 4.74 Å². The fourth-order valence-electron chi connectivity index (χ4n) is 3.25. The van der Waals surface area contributed by atoms with Crippen LogP contribution in [0.1, 0.15) is 31.7 Å². The summed E-state index contributed by atoms with van der Waals surface area (Å²) in [5.41, 5.74) is 5.70. The number of aryl methyl sites for hydroxylation is 1. The largest absolute Gasteiger partial charge is 0.435 e. The Bertz CT molecular complexity index is 842. The number of hydrogen-bond donors (Lipinski definition) is 0. The summed E-state index contributed by atoms with van der Waals surface area (Å²) in [4.78, 5) is 0. The molecule has 0 aliphatic carbocycles. The lowest BCUT2D eigenvalue weighted by Crippen LogP contribution is -2.01. The number of rotatable bonds is 8. The Morgan fingerprint density at radius 1 is 0.778 bits per heavy atom. The predicted octanol–water partition coefficient (Wildman–Crippen LogP) is 7.35. The summed E-state index contributed by atoms with van der Waals surface area (Å²) in [6.07, 6.45) is 4.68. The third kappa shape index (κ3) is 5.16. The van der Waals surface area contributed by atoms with Gasteiger partial charge in [-0.2, -0.15) is 8.78 Å². The van der Waals surface area contributed by atoms with Gasteiger partial charge in [-0.05, 0) is 52.8 Å². The molecule has 0 aromatic heterocycles. The van der Waals surface area contributed by atoms with Crippen LogP contribution in [0.2, 0.25) is 0 Å². The summed E-state index contributed by atoms with van der Waals surface area (Å²) in [6, 6.07) is 23.7. The summed E-state index contributed by atoms with van der Waals surface area (Å²) in [5.74, 6) is 0.172. The van der Waals surface area contributed by atoms with Gasteiger partial charge in [0.15, 0.2) is 0 Å². The molecular weight excluding hydrogens is 342 g/mol. The average molecular weight is 366 g/mol. The van der Waals surface area contributed by atoms with Crippen LogP contribution < -0.4 is 4.74 Å². The molecule has 0 spiro atoms. The van der Waals surface area contributed by atoms with Crippen molar-refractivity contribution in [3.63, 3.8) is 0 Å². The van der Waals surface area contributed by atoms with E-state index in [4.69, 9.17) is 0 Å². The van der Waals surface area contributed by atoms with Crippen molar-refractivity contribution in [1.29, 1.82) is 0 Å². The van der Waals surface area contributed by atoms with Crippen LogP contribution in [-0.2, 0) is 6.42 Å². The number of halogens is 2. The van der Waals surface area contributed by atoms with E-state index in [0.29, 0.717) is 0 Å². The van der Waals surface area contributed by atoms with Crippen LogP contribution in [0.15, 0.2) is 72.8 Å². The average Bonchev–Trinajstić information content (AvgIpc) is 2.69. The number of benzene rings is 3. The molecule has 0 heterocycles. The normalized spacial score (nSPS) is 11.0. The van der Waals surface area contributed by atoms with E-state index >= 15 is 0 Å². The maximum Gasteiger partial charge on any atom is 0.387 e. The summed E-state index contributed by atoms with van der Waals surface area (Å²) < 4.78 is 29.2. The number of unbranched alkanes of at least 4 members (excludes halogenated alkanes) is 2. The first-order chi connectivity index (χ1) is 13.2. The monoisotopic (exact) mass is 366 g/mol. The van der Waals surface area contributed by atoms with Crippen LogP contribution in [0, 0.1) is 0 Å². The molecule has 0 saturated carbocycles. The molecule has 3 heteroatoms. The predicted molar refractivity (Wildman–Crippen MR) is 107 cm³/mol. The second kappa shape index (κ2) is 9.31. The molecule has 0 unspecified atom stereocenters. The third-order valence-electron chi connectivity index (χ3n) is 4.63. The van der Waals surface area contributed by atoms with Gasteiger partial charge in [0.05, 0.1) is 0 Å². The zero-order valence-corrected chi connectivity index (χ0v) is 15.5. The molecule has 0 fully saturated rings. The van der Waals surface area contributed by atoms with Crippen molar-refractivity contribution in [2.75, 3.05) is 0 Å². The van der Waals surface area contributed by atoms with Crippen molar-refractivity contribution in [2.24, 2.45) is 0 Å². The fourth-order valence-corrected chi connectivity index (χ4v) is 3.25. The molecule has 27 heavy (non-hydrogen) atoms. The van der Waals surface area contributed by atoms with E-state index in [-0.39, 0.29) is 5.75 Å². The molecule has 0 N–H and O–H groups in total. The quantitative estimate of drug-likeness (QED) is 0.379. The van der Waals surface area contributed by atoms with Gasteiger partial charge in [-0.3, -0.25) is 0 Å². The van der Waals surface area contributed by atoms with Crippen molar-refractivity contribution in [3.8, 4) is 28.0 Å². The Balaban J connectivity index is 1.96. The Morgan fingerprint density at radius 2 is 1.48 bits per heavy atom. The Labute approximate surface area is 159 Å². The summed E-state index contributed by atoms with van der Waals surface area (Å²) >= 11 is 0. The highest BCUT2D eigenvalue weighted by atomic mass is 19.3. The van der Waals surface area contributed by atoms with E-state index in [1.165, 1.54) is 24.8 Å².